The van der Waals surface area contributed by atoms with Crippen LogP contribution < -0.4 is 0 Å². The molecular weight excluding hydrogens is 208 g/mol. The lowest BCUT2D eigenvalue weighted by Crippen LogP contribution is -2.14. The second kappa shape index (κ2) is 4.19. The van der Waals surface area contributed by atoms with Gasteiger partial charge in [0.25, 0.3) is 0 Å². The topological polar surface area (TPSA) is 17.1 Å². The van der Waals surface area contributed by atoms with E-state index in [4.69, 9.17) is 11.6 Å². The van der Waals surface area contributed by atoms with Gasteiger partial charge in [0.15, 0.2) is 5.78 Å². The van der Waals surface area contributed by atoms with E-state index in [0.717, 1.165) is 23.4 Å². The van der Waals surface area contributed by atoms with Gasteiger partial charge in [-0.15, -0.1) is 0 Å². The molecule has 2 heteroatoms. The molecule has 0 heterocycles. The number of Topliss-reactive ketones (excluding diaryl/α,β-unsaturated/α-hetero) is 1. The Morgan fingerprint density at radius 1 is 1.40 bits per heavy atom. The number of carbonyl (C=O) groups is 1. The highest BCUT2D eigenvalue weighted by Gasteiger charge is 2.23. The first kappa shape index (κ1) is 10.4. The van der Waals surface area contributed by atoms with Crippen molar-refractivity contribution in [2.24, 2.45) is 0 Å². The van der Waals surface area contributed by atoms with Crippen molar-refractivity contribution in [2.75, 3.05) is 0 Å². The molecule has 0 amide bonds. The number of allylic oxidation sites excluding steroid dienone is 1. The zero-order valence-electron chi connectivity index (χ0n) is 8.50. The molecule has 0 radical (unpaired) electrons. The summed E-state index contributed by atoms with van der Waals surface area (Å²) in [5.74, 6) is 0.627. The van der Waals surface area contributed by atoms with Gasteiger partial charge in [-0.25, -0.2) is 0 Å². The van der Waals surface area contributed by atoms with Crippen LogP contribution in [-0.2, 0) is 4.79 Å². The SMILES string of the molecule is C=C1CC(c2cccc(Cl)c2)CCC1=O. The summed E-state index contributed by atoms with van der Waals surface area (Å²) in [5, 5.41) is 0.759. The average Bonchev–Trinajstić information content (AvgIpc) is 2.22. The minimum atomic E-state index is 0.216. The van der Waals surface area contributed by atoms with E-state index in [-0.39, 0.29) is 5.78 Å². The van der Waals surface area contributed by atoms with Gasteiger partial charge in [-0.2, -0.15) is 0 Å². The van der Waals surface area contributed by atoms with Crippen molar-refractivity contribution in [2.45, 2.75) is 25.2 Å². The maximum atomic E-state index is 11.3. The van der Waals surface area contributed by atoms with Gasteiger partial charge in [0.05, 0.1) is 0 Å². The van der Waals surface area contributed by atoms with Gasteiger partial charge in [0.2, 0.25) is 0 Å². The summed E-state index contributed by atoms with van der Waals surface area (Å²) < 4.78 is 0. The van der Waals surface area contributed by atoms with Crippen molar-refractivity contribution in [3.63, 3.8) is 0 Å². The minimum absolute atomic E-state index is 0.216. The van der Waals surface area contributed by atoms with Crippen molar-refractivity contribution in [3.8, 4) is 0 Å². The number of hydrogen-bond donors (Lipinski definition) is 0. The van der Waals surface area contributed by atoms with E-state index in [2.05, 4.69) is 12.6 Å². The molecule has 2 rings (SSSR count). The van der Waals surface area contributed by atoms with Crippen molar-refractivity contribution in [1.82, 2.24) is 0 Å². The fraction of sp³-hybridized carbons (Fsp3) is 0.308. The normalized spacial score (nSPS) is 21.8. The Labute approximate surface area is 94.8 Å². The fourth-order valence-electron chi connectivity index (χ4n) is 2.04. The monoisotopic (exact) mass is 220 g/mol. The average molecular weight is 221 g/mol. The first-order chi connectivity index (χ1) is 7.16. The molecule has 1 saturated carbocycles. The summed E-state index contributed by atoms with van der Waals surface area (Å²) in [6.45, 7) is 3.81. The van der Waals surface area contributed by atoms with Crippen molar-refractivity contribution >= 4 is 17.4 Å². The van der Waals surface area contributed by atoms with E-state index in [9.17, 15) is 4.79 Å². The molecule has 1 fully saturated rings. The van der Waals surface area contributed by atoms with Gasteiger partial charge in [-0.1, -0.05) is 30.3 Å². The highest BCUT2D eigenvalue weighted by Crippen LogP contribution is 2.34. The van der Waals surface area contributed by atoms with Crippen LogP contribution in [0.3, 0.4) is 0 Å². The Bertz CT molecular complexity index is 409. The van der Waals surface area contributed by atoms with Crippen LogP contribution in [0.5, 0.6) is 0 Å². The van der Waals surface area contributed by atoms with Crippen LogP contribution in [0.25, 0.3) is 0 Å². The number of halogens is 1. The third-order valence-corrected chi connectivity index (χ3v) is 3.16. The molecule has 1 unspecified atom stereocenters. The van der Waals surface area contributed by atoms with Crippen molar-refractivity contribution in [3.05, 3.63) is 47.0 Å². The summed E-state index contributed by atoms with van der Waals surface area (Å²) >= 11 is 5.94. The zero-order valence-corrected chi connectivity index (χ0v) is 9.26. The highest BCUT2D eigenvalue weighted by molar-refractivity contribution is 6.30. The number of hydrogen-bond acceptors (Lipinski definition) is 1. The van der Waals surface area contributed by atoms with Crippen LogP contribution in [0.1, 0.15) is 30.7 Å². The van der Waals surface area contributed by atoms with Gasteiger partial charge in [-0.3, -0.25) is 4.79 Å². The number of carbonyl (C=O) groups excluding carboxylic acids is 1. The van der Waals surface area contributed by atoms with E-state index in [1.165, 1.54) is 5.56 Å². The van der Waals surface area contributed by atoms with Crippen molar-refractivity contribution in [1.29, 1.82) is 0 Å². The minimum Gasteiger partial charge on any atom is -0.295 e. The van der Waals surface area contributed by atoms with Gasteiger partial charge in [0, 0.05) is 11.4 Å². The molecule has 0 aliphatic heterocycles. The largest absolute Gasteiger partial charge is 0.295 e. The zero-order chi connectivity index (χ0) is 10.8. The molecule has 15 heavy (non-hydrogen) atoms. The number of rotatable bonds is 1. The molecule has 0 aromatic heterocycles. The number of ketones is 1. The summed E-state index contributed by atoms with van der Waals surface area (Å²) in [7, 11) is 0. The molecular formula is C13H13ClO. The van der Waals surface area contributed by atoms with E-state index in [1.807, 2.05) is 18.2 Å². The lowest BCUT2D eigenvalue weighted by molar-refractivity contribution is -0.116. The molecule has 1 aliphatic rings. The smallest absolute Gasteiger partial charge is 0.158 e. The summed E-state index contributed by atoms with van der Waals surface area (Å²) in [4.78, 5) is 11.3. The van der Waals surface area contributed by atoms with Crippen LogP contribution >= 0.6 is 11.6 Å². The molecule has 1 aliphatic carbocycles. The molecule has 0 spiro atoms. The Balaban J connectivity index is 2.19. The van der Waals surface area contributed by atoms with Crippen molar-refractivity contribution < 1.29 is 4.79 Å². The second-order valence-corrected chi connectivity index (χ2v) is 4.46. The Morgan fingerprint density at radius 3 is 2.87 bits per heavy atom. The van der Waals surface area contributed by atoms with E-state index >= 15 is 0 Å². The number of benzene rings is 1. The molecule has 0 saturated heterocycles. The fourth-order valence-corrected chi connectivity index (χ4v) is 2.24. The predicted molar refractivity (Wildman–Crippen MR) is 62.2 cm³/mol. The van der Waals surface area contributed by atoms with Crippen LogP contribution in [0, 0.1) is 0 Å². The van der Waals surface area contributed by atoms with Gasteiger partial charge in [-0.05, 0) is 42.0 Å². The third-order valence-electron chi connectivity index (χ3n) is 2.93. The lowest BCUT2D eigenvalue weighted by atomic mass is 9.81. The highest BCUT2D eigenvalue weighted by atomic mass is 35.5. The standard InChI is InChI=1S/C13H13ClO/c1-9-7-11(5-6-13(9)15)10-3-2-4-12(14)8-10/h2-4,8,11H,1,5-7H2. The molecule has 0 N–H and O–H groups in total. The quantitative estimate of drug-likeness (QED) is 0.659. The van der Waals surface area contributed by atoms with Crippen LogP contribution in [0.2, 0.25) is 5.02 Å². The maximum Gasteiger partial charge on any atom is 0.158 e. The molecule has 1 aromatic rings. The van der Waals surface area contributed by atoms with Crippen LogP contribution in [-0.4, -0.2) is 5.78 Å². The first-order valence-electron chi connectivity index (χ1n) is 5.13. The van der Waals surface area contributed by atoms with E-state index in [0.29, 0.717) is 12.3 Å². The van der Waals surface area contributed by atoms with E-state index in [1.54, 1.807) is 0 Å². The Hall–Kier alpha value is -1.08. The first-order valence-corrected chi connectivity index (χ1v) is 5.51. The van der Waals surface area contributed by atoms with Gasteiger partial charge in [0.1, 0.15) is 0 Å². The maximum absolute atomic E-state index is 11.3. The second-order valence-electron chi connectivity index (χ2n) is 4.02. The van der Waals surface area contributed by atoms with Crippen LogP contribution in [0.15, 0.2) is 36.4 Å². The summed E-state index contributed by atoms with van der Waals surface area (Å²) in [6, 6.07) is 7.87. The van der Waals surface area contributed by atoms with Gasteiger partial charge >= 0.3 is 0 Å². The Morgan fingerprint density at radius 2 is 2.20 bits per heavy atom. The lowest BCUT2D eigenvalue weighted by Gasteiger charge is -2.23. The van der Waals surface area contributed by atoms with Crippen LogP contribution in [0.4, 0.5) is 0 Å². The predicted octanol–water partition coefficient (Wildman–Crippen LogP) is 3.73. The third kappa shape index (κ3) is 2.29. The van der Waals surface area contributed by atoms with E-state index < -0.39 is 0 Å². The molecule has 78 valence electrons. The molecule has 1 atom stereocenters. The van der Waals surface area contributed by atoms with Gasteiger partial charge < -0.3 is 0 Å². The summed E-state index contributed by atoms with van der Waals surface area (Å²) in [6.07, 6.45) is 2.31. The molecule has 1 nitrogen and oxygen atoms in total. The Kier molecular flexibility index (Phi) is 2.92. The molecule has 1 aromatic carbocycles. The molecule has 0 bridgehead atoms. The summed E-state index contributed by atoms with van der Waals surface area (Å²) in [5.41, 5.74) is 1.97.